The minimum Gasteiger partial charge on any atom is -0.480 e. The molecule has 0 radical (unpaired) electrons. The molecule has 1 N–H and O–H groups in total. The molecular weight excluding hydrogens is 382 g/mol. The zero-order valence-corrected chi connectivity index (χ0v) is 16.4. The smallest absolute Gasteiger partial charge is 0.323 e. The van der Waals surface area contributed by atoms with E-state index in [4.69, 9.17) is 0 Å². The molecule has 3 rings (SSSR count). The fourth-order valence-corrected chi connectivity index (χ4v) is 4.50. The first-order chi connectivity index (χ1) is 13.2. The lowest BCUT2D eigenvalue weighted by atomic mass is 10.1. The number of carboxylic acids is 1. The van der Waals surface area contributed by atoms with E-state index in [2.05, 4.69) is 0 Å². The summed E-state index contributed by atoms with van der Waals surface area (Å²) >= 11 is 0. The van der Waals surface area contributed by atoms with Crippen LogP contribution in [-0.4, -0.2) is 42.0 Å². The number of benzene rings is 2. The number of halogens is 1. The Bertz CT molecular complexity index is 1120. The topological polar surface area (TPSA) is 79.6 Å². The molecule has 3 aromatic rings. The molecule has 0 aliphatic heterocycles. The largest absolute Gasteiger partial charge is 0.480 e. The van der Waals surface area contributed by atoms with Crippen LogP contribution in [0.5, 0.6) is 0 Å². The Morgan fingerprint density at radius 1 is 1.14 bits per heavy atom. The van der Waals surface area contributed by atoms with Crippen LogP contribution in [-0.2, 0) is 27.8 Å². The van der Waals surface area contributed by atoms with E-state index in [1.54, 1.807) is 4.57 Å². The maximum Gasteiger partial charge on any atom is 0.323 e. The molecule has 148 valence electrons. The lowest BCUT2D eigenvalue weighted by Gasteiger charge is -2.17. The summed E-state index contributed by atoms with van der Waals surface area (Å²) < 4.78 is 41.4. The van der Waals surface area contributed by atoms with Gasteiger partial charge in [-0.15, -0.1) is 0 Å². The van der Waals surface area contributed by atoms with Crippen molar-refractivity contribution in [3.8, 4) is 0 Å². The minimum absolute atomic E-state index is 0.0291. The van der Waals surface area contributed by atoms with Gasteiger partial charge in [0.25, 0.3) is 0 Å². The van der Waals surface area contributed by atoms with Crippen molar-refractivity contribution in [2.75, 3.05) is 13.6 Å². The Hall–Kier alpha value is -2.71. The molecule has 2 aromatic carbocycles. The molecule has 0 atom stereocenters. The summed E-state index contributed by atoms with van der Waals surface area (Å²) in [5.41, 5.74) is 2.52. The van der Waals surface area contributed by atoms with Crippen molar-refractivity contribution < 1.29 is 22.7 Å². The highest BCUT2D eigenvalue weighted by molar-refractivity contribution is 7.89. The van der Waals surface area contributed by atoms with Gasteiger partial charge in [0, 0.05) is 30.2 Å². The van der Waals surface area contributed by atoms with Gasteiger partial charge < -0.3 is 9.67 Å². The first kappa shape index (κ1) is 20.0. The van der Waals surface area contributed by atoms with Crippen molar-refractivity contribution in [3.05, 3.63) is 65.6 Å². The summed E-state index contributed by atoms with van der Waals surface area (Å²) in [7, 11) is -2.26. The van der Waals surface area contributed by atoms with Gasteiger partial charge in [-0.2, -0.15) is 0 Å². The number of nitrogens with zero attached hydrogens (tertiary/aromatic N) is 2. The Kier molecular flexibility index (Phi) is 5.53. The summed E-state index contributed by atoms with van der Waals surface area (Å²) in [5, 5.41) is 10.1. The van der Waals surface area contributed by atoms with Gasteiger partial charge in [-0.25, -0.2) is 17.1 Å². The van der Waals surface area contributed by atoms with Crippen LogP contribution in [0.25, 0.3) is 10.9 Å². The number of hydrogen-bond acceptors (Lipinski definition) is 3. The number of fused-ring (bicyclic) bond motifs is 1. The molecule has 0 bridgehead atoms. The third-order valence-electron chi connectivity index (χ3n) is 4.85. The number of carbonyl (C=O) groups is 1. The third-order valence-corrected chi connectivity index (χ3v) is 6.72. The summed E-state index contributed by atoms with van der Waals surface area (Å²) in [4.78, 5) is 11.2. The number of sulfonamides is 1. The highest BCUT2D eigenvalue weighted by Gasteiger charge is 2.22. The third kappa shape index (κ3) is 3.79. The molecule has 0 aliphatic rings. The minimum atomic E-state index is -3.74. The molecule has 0 saturated carbocycles. The standard InChI is InChI=1S/C20H21FN2O4S/c1-14-17(18-5-3-4-6-19(18)23(14)13-20(24)25)11-12-22(2)28(26,27)16-9-7-15(21)8-10-16/h3-10H,11-13H2,1-2H3,(H,24,25)/i21-1. The van der Waals surface area contributed by atoms with E-state index in [0.29, 0.717) is 6.42 Å². The summed E-state index contributed by atoms with van der Waals surface area (Å²) in [6.45, 7) is 1.89. The SMILES string of the molecule is Cc1c(CCN(C)S(=O)(=O)c2ccc([18F])cc2)c2ccccc2n1CC(=O)O. The Morgan fingerprint density at radius 2 is 1.79 bits per heavy atom. The number of likely N-dealkylation sites (N-methyl/N-ethyl adjacent to an activating group) is 1. The van der Waals surface area contributed by atoms with Gasteiger partial charge in [0.1, 0.15) is 12.4 Å². The Balaban J connectivity index is 1.88. The summed E-state index contributed by atoms with van der Waals surface area (Å²) in [6, 6.07) is 12.2. The van der Waals surface area contributed by atoms with Gasteiger partial charge in [-0.1, -0.05) is 18.2 Å². The van der Waals surface area contributed by atoms with Gasteiger partial charge >= 0.3 is 5.97 Å². The molecule has 0 saturated heterocycles. The van der Waals surface area contributed by atoms with E-state index in [1.807, 2.05) is 31.2 Å². The predicted octanol–water partition coefficient (Wildman–Crippen LogP) is 3.04. The molecule has 0 spiro atoms. The number of aliphatic carboxylic acids is 1. The molecular formula is C20H21FN2O4S. The lowest BCUT2D eigenvalue weighted by Crippen LogP contribution is -2.29. The van der Waals surface area contributed by atoms with Crippen LogP contribution in [0.1, 0.15) is 11.3 Å². The van der Waals surface area contributed by atoms with Gasteiger partial charge in [0.15, 0.2) is 0 Å². The predicted molar refractivity (Wildman–Crippen MR) is 104 cm³/mol. The second kappa shape index (κ2) is 7.73. The lowest BCUT2D eigenvalue weighted by molar-refractivity contribution is -0.137. The van der Waals surface area contributed by atoms with E-state index in [0.717, 1.165) is 34.3 Å². The Morgan fingerprint density at radius 3 is 2.43 bits per heavy atom. The maximum absolute atomic E-state index is 13.1. The highest BCUT2D eigenvalue weighted by Crippen LogP contribution is 2.27. The molecule has 8 heteroatoms. The number of rotatable bonds is 7. The van der Waals surface area contributed by atoms with E-state index >= 15 is 0 Å². The summed E-state index contributed by atoms with van der Waals surface area (Å²) in [5.74, 6) is -1.44. The zero-order valence-electron chi connectivity index (χ0n) is 15.6. The summed E-state index contributed by atoms with van der Waals surface area (Å²) in [6.07, 6.45) is 0.426. The van der Waals surface area contributed by atoms with Gasteiger partial charge in [-0.3, -0.25) is 4.79 Å². The van der Waals surface area contributed by atoms with Crippen molar-refractivity contribution >= 4 is 26.9 Å². The van der Waals surface area contributed by atoms with Gasteiger partial charge in [0.05, 0.1) is 4.90 Å². The molecule has 1 heterocycles. The van der Waals surface area contributed by atoms with Crippen LogP contribution in [0.15, 0.2) is 53.4 Å². The van der Waals surface area contributed by atoms with Crippen LogP contribution < -0.4 is 0 Å². The highest BCUT2D eigenvalue weighted by atomic mass is 32.2. The van der Waals surface area contributed by atoms with Crippen molar-refractivity contribution in [1.82, 2.24) is 8.87 Å². The van der Waals surface area contributed by atoms with E-state index in [1.165, 1.54) is 23.5 Å². The van der Waals surface area contributed by atoms with Crippen LogP contribution >= 0.6 is 0 Å². The van der Waals surface area contributed by atoms with Crippen molar-refractivity contribution in [2.24, 2.45) is 0 Å². The second-order valence-electron chi connectivity index (χ2n) is 6.59. The fraction of sp³-hybridized carbons (Fsp3) is 0.250. The van der Waals surface area contributed by atoms with Crippen molar-refractivity contribution in [2.45, 2.75) is 24.8 Å². The number of aromatic nitrogens is 1. The molecule has 0 fully saturated rings. The van der Waals surface area contributed by atoms with Gasteiger partial charge in [-0.05, 0) is 49.2 Å². The normalized spacial score (nSPS) is 12.0. The second-order valence-corrected chi connectivity index (χ2v) is 8.64. The fourth-order valence-electron chi connectivity index (χ4n) is 3.33. The van der Waals surface area contributed by atoms with Crippen LogP contribution in [0, 0.1) is 12.7 Å². The molecule has 28 heavy (non-hydrogen) atoms. The van der Waals surface area contributed by atoms with E-state index in [-0.39, 0.29) is 18.0 Å². The average Bonchev–Trinajstić information content (AvgIpc) is 2.91. The molecule has 0 aliphatic carbocycles. The van der Waals surface area contributed by atoms with Crippen molar-refractivity contribution in [3.63, 3.8) is 0 Å². The van der Waals surface area contributed by atoms with Gasteiger partial charge in [0.2, 0.25) is 10.0 Å². The first-order valence-electron chi connectivity index (χ1n) is 8.72. The van der Waals surface area contributed by atoms with E-state index in [9.17, 15) is 22.7 Å². The van der Waals surface area contributed by atoms with Crippen molar-refractivity contribution in [1.29, 1.82) is 0 Å². The molecule has 0 amide bonds. The Labute approximate surface area is 162 Å². The molecule has 0 unspecified atom stereocenters. The maximum atomic E-state index is 13.1. The monoisotopic (exact) mass is 403 g/mol. The van der Waals surface area contributed by atoms with Crippen LogP contribution in [0.2, 0.25) is 0 Å². The number of carboxylic acid groups (broad SMARTS) is 1. The zero-order chi connectivity index (χ0) is 20.5. The molecule has 1 aromatic heterocycles. The average molecular weight is 403 g/mol. The van der Waals surface area contributed by atoms with Crippen LogP contribution in [0.4, 0.5) is 4.39 Å². The number of para-hydroxylation sites is 1. The quantitative estimate of drug-likeness (QED) is 0.658. The van der Waals surface area contributed by atoms with Crippen LogP contribution in [0.3, 0.4) is 0 Å². The molecule has 6 nitrogen and oxygen atoms in total. The first-order valence-corrected chi connectivity index (χ1v) is 10.2. The number of hydrogen-bond donors (Lipinski definition) is 1. The van der Waals surface area contributed by atoms with E-state index < -0.39 is 21.8 Å².